The molecule has 2 unspecified atom stereocenters. The standard InChI is InChI=1S/C30H31N9O/c1-40-28-5-2-20(12-35-28)15-39-24-9-25(39)17-38(16-24)27-4-3-21(13-34-27)26-8-23(37-19-30(18-33)6-7-30)14-36-29(26)22(10-31)11-32/h2-5,8,10,12-14,24-25,37H,6-7,9,15-17,19,31H2,1H3/b22-10-. The van der Waals surface area contributed by atoms with Gasteiger partial charge >= 0.3 is 0 Å². The van der Waals surface area contributed by atoms with Gasteiger partial charge in [-0.2, -0.15) is 10.5 Å². The van der Waals surface area contributed by atoms with E-state index in [0.29, 0.717) is 35.8 Å². The van der Waals surface area contributed by atoms with E-state index in [-0.39, 0.29) is 5.41 Å². The zero-order valence-corrected chi connectivity index (χ0v) is 22.4. The van der Waals surface area contributed by atoms with Crippen LogP contribution in [0.2, 0.25) is 0 Å². The van der Waals surface area contributed by atoms with Crippen LogP contribution in [0, 0.1) is 28.1 Å². The number of nitrogens with one attached hydrogen (secondary N) is 1. The van der Waals surface area contributed by atoms with Gasteiger partial charge in [0.25, 0.3) is 0 Å². The van der Waals surface area contributed by atoms with E-state index in [0.717, 1.165) is 55.1 Å². The lowest BCUT2D eigenvalue weighted by Gasteiger charge is -2.56. The van der Waals surface area contributed by atoms with Crippen LogP contribution in [0.4, 0.5) is 11.5 Å². The summed E-state index contributed by atoms with van der Waals surface area (Å²) in [5.74, 6) is 1.57. The van der Waals surface area contributed by atoms with E-state index in [2.05, 4.69) is 43.3 Å². The van der Waals surface area contributed by atoms with Crippen molar-refractivity contribution in [1.82, 2.24) is 19.9 Å². The first-order chi connectivity index (χ1) is 19.5. The molecule has 10 nitrogen and oxygen atoms in total. The fourth-order valence-corrected chi connectivity index (χ4v) is 5.62. The highest BCUT2D eigenvalue weighted by Crippen LogP contribution is 2.45. The minimum Gasteiger partial charge on any atom is -0.481 e. The van der Waals surface area contributed by atoms with Crippen LogP contribution in [0.1, 0.15) is 30.5 Å². The maximum Gasteiger partial charge on any atom is 0.212 e. The number of nitrogens with two attached hydrogens (primary N) is 1. The number of allylic oxidation sites excluding steroid dienone is 1. The molecule has 0 amide bonds. The summed E-state index contributed by atoms with van der Waals surface area (Å²) in [5, 5.41) is 22.4. The maximum absolute atomic E-state index is 9.63. The summed E-state index contributed by atoms with van der Waals surface area (Å²) >= 11 is 0. The molecule has 1 aliphatic carbocycles. The molecule has 0 aromatic carbocycles. The van der Waals surface area contributed by atoms with Crippen LogP contribution >= 0.6 is 0 Å². The second-order valence-electron chi connectivity index (χ2n) is 10.8. The number of methoxy groups -OCH3 is 1. The Bertz CT molecular complexity index is 1490. The fraction of sp³-hybridized carbons (Fsp3) is 0.367. The van der Waals surface area contributed by atoms with Crippen molar-refractivity contribution in [2.75, 3.05) is 37.0 Å². The summed E-state index contributed by atoms with van der Waals surface area (Å²) < 4.78 is 5.18. The maximum atomic E-state index is 9.63. The van der Waals surface area contributed by atoms with Crippen LogP contribution in [0.15, 0.2) is 55.1 Å². The first kappa shape index (κ1) is 25.6. The summed E-state index contributed by atoms with van der Waals surface area (Å²) in [6, 6.07) is 15.5. The Labute approximate surface area is 233 Å². The second-order valence-corrected chi connectivity index (χ2v) is 10.8. The SMILES string of the molecule is COc1ccc(CN2C3CC2CN(c2ccc(-c4cc(NCC5(C#N)CC5)cnc4/C(C#N)=C\N)cn2)C3)cn1. The number of pyridine rings is 3. The predicted molar refractivity (Wildman–Crippen MR) is 152 cm³/mol. The van der Waals surface area contributed by atoms with Crippen molar-refractivity contribution < 1.29 is 4.74 Å². The number of rotatable bonds is 9. The lowest BCUT2D eigenvalue weighted by molar-refractivity contribution is -0.00876. The van der Waals surface area contributed by atoms with Crippen molar-refractivity contribution in [3.63, 3.8) is 0 Å². The van der Waals surface area contributed by atoms with Gasteiger partial charge in [0.05, 0.1) is 41.7 Å². The van der Waals surface area contributed by atoms with Gasteiger partial charge in [-0.15, -0.1) is 0 Å². The number of hydrogen-bond donors (Lipinski definition) is 2. The zero-order valence-electron chi connectivity index (χ0n) is 22.4. The minimum absolute atomic E-state index is 0.284. The van der Waals surface area contributed by atoms with E-state index >= 15 is 0 Å². The fourth-order valence-electron chi connectivity index (χ4n) is 5.62. The molecule has 4 fully saturated rings. The van der Waals surface area contributed by atoms with Crippen molar-refractivity contribution in [2.45, 2.75) is 37.9 Å². The molecule has 1 saturated carbocycles. The van der Waals surface area contributed by atoms with E-state index in [9.17, 15) is 10.5 Å². The van der Waals surface area contributed by atoms with Crippen LogP contribution in [-0.2, 0) is 6.54 Å². The summed E-state index contributed by atoms with van der Waals surface area (Å²) in [6.07, 6.45) is 9.70. The lowest BCUT2D eigenvalue weighted by Crippen LogP contribution is -2.68. The molecule has 2 bridgehead atoms. The van der Waals surface area contributed by atoms with E-state index in [1.807, 2.05) is 36.7 Å². The molecule has 3 aliphatic heterocycles. The van der Waals surface area contributed by atoms with Gasteiger partial charge in [0.15, 0.2) is 0 Å². The molecule has 7 rings (SSSR count). The average Bonchev–Trinajstić information content (AvgIpc) is 3.80. The highest BCUT2D eigenvalue weighted by atomic mass is 16.5. The summed E-state index contributed by atoms with van der Waals surface area (Å²) in [4.78, 5) is 18.6. The topological polar surface area (TPSA) is 140 Å². The normalized spacial score (nSPS) is 21.1. The number of piperazine rings is 1. The number of anilines is 2. The van der Waals surface area contributed by atoms with E-state index in [1.54, 1.807) is 13.3 Å². The first-order valence-electron chi connectivity index (χ1n) is 13.5. The van der Waals surface area contributed by atoms with Gasteiger partial charge < -0.3 is 20.7 Å². The Hall–Kier alpha value is -4.67. The molecular formula is C30H31N9O. The summed E-state index contributed by atoms with van der Waals surface area (Å²) in [6.45, 7) is 3.31. The summed E-state index contributed by atoms with van der Waals surface area (Å²) in [5.41, 5.74) is 9.86. The minimum atomic E-state index is -0.284. The van der Waals surface area contributed by atoms with Crippen LogP contribution in [0.5, 0.6) is 5.88 Å². The van der Waals surface area contributed by atoms with Crippen LogP contribution in [0.3, 0.4) is 0 Å². The van der Waals surface area contributed by atoms with Crippen LogP contribution in [0.25, 0.3) is 16.7 Å². The summed E-state index contributed by atoms with van der Waals surface area (Å²) in [7, 11) is 1.63. The van der Waals surface area contributed by atoms with Crippen LogP contribution in [-0.4, -0.2) is 58.7 Å². The molecule has 40 heavy (non-hydrogen) atoms. The number of hydrogen-bond acceptors (Lipinski definition) is 10. The van der Waals surface area contributed by atoms with E-state index in [1.165, 1.54) is 18.2 Å². The molecule has 2 atom stereocenters. The molecule has 10 heteroatoms. The van der Waals surface area contributed by atoms with Crippen molar-refractivity contribution >= 4 is 17.1 Å². The Balaban J connectivity index is 1.16. The Kier molecular flexibility index (Phi) is 6.71. The van der Waals surface area contributed by atoms with E-state index < -0.39 is 0 Å². The quantitative estimate of drug-likeness (QED) is 0.392. The molecular weight excluding hydrogens is 502 g/mol. The van der Waals surface area contributed by atoms with Gasteiger partial charge in [-0.05, 0) is 43.0 Å². The molecule has 202 valence electrons. The van der Waals surface area contributed by atoms with Crippen molar-refractivity contribution in [3.8, 4) is 29.1 Å². The third-order valence-electron chi connectivity index (χ3n) is 8.25. The predicted octanol–water partition coefficient (Wildman–Crippen LogP) is 3.55. The van der Waals surface area contributed by atoms with Crippen molar-refractivity contribution in [2.24, 2.45) is 11.1 Å². The van der Waals surface area contributed by atoms with Crippen molar-refractivity contribution in [3.05, 3.63) is 66.4 Å². The molecule has 3 aromatic heterocycles. The molecule has 4 aliphatic rings. The second kappa shape index (κ2) is 10.5. The third-order valence-corrected chi connectivity index (χ3v) is 8.25. The smallest absolute Gasteiger partial charge is 0.212 e. The van der Waals surface area contributed by atoms with Crippen molar-refractivity contribution in [1.29, 1.82) is 10.5 Å². The number of aromatic nitrogens is 3. The average molecular weight is 534 g/mol. The molecule has 3 aromatic rings. The Morgan fingerprint density at radius 2 is 1.95 bits per heavy atom. The monoisotopic (exact) mass is 533 g/mol. The van der Waals surface area contributed by atoms with Crippen LogP contribution < -0.4 is 20.7 Å². The van der Waals surface area contributed by atoms with Gasteiger partial charge in [-0.1, -0.05) is 6.07 Å². The highest BCUT2D eigenvalue weighted by molar-refractivity contribution is 5.86. The van der Waals surface area contributed by atoms with Gasteiger partial charge in [-0.25, -0.2) is 9.97 Å². The van der Waals surface area contributed by atoms with Gasteiger partial charge in [-0.3, -0.25) is 9.88 Å². The number of piperidine rings is 1. The number of ether oxygens (including phenoxy) is 1. The van der Waals surface area contributed by atoms with Gasteiger partial charge in [0.2, 0.25) is 5.88 Å². The zero-order chi connectivity index (χ0) is 27.7. The Morgan fingerprint density at radius 1 is 1.12 bits per heavy atom. The Morgan fingerprint density at radius 3 is 2.55 bits per heavy atom. The lowest BCUT2D eigenvalue weighted by atomic mass is 9.87. The molecule has 3 N–H and O–H groups in total. The first-order valence-corrected chi connectivity index (χ1v) is 13.5. The largest absolute Gasteiger partial charge is 0.481 e. The molecule has 3 saturated heterocycles. The van der Waals surface area contributed by atoms with Gasteiger partial charge in [0, 0.05) is 74.0 Å². The number of fused-ring (bicyclic) bond motifs is 2. The van der Waals surface area contributed by atoms with Gasteiger partial charge in [0.1, 0.15) is 11.9 Å². The molecule has 0 radical (unpaired) electrons. The third kappa shape index (κ3) is 4.90. The molecule has 0 spiro atoms. The number of nitrogens with zero attached hydrogens (tertiary/aromatic N) is 7. The van der Waals surface area contributed by atoms with E-state index in [4.69, 9.17) is 15.5 Å². The number of nitriles is 2. The molecule has 6 heterocycles. The highest BCUT2D eigenvalue weighted by Gasteiger charge is 2.45.